The highest BCUT2D eigenvalue weighted by Gasteiger charge is 2.17. The molecule has 2 rings (SSSR count). The summed E-state index contributed by atoms with van der Waals surface area (Å²) in [4.78, 5) is 10.9. The van der Waals surface area contributed by atoms with E-state index in [4.69, 9.17) is 0 Å². The number of nitrogens with one attached hydrogen (secondary N) is 1. The normalized spacial score (nSPS) is 16.9. The third-order valence-corrected chi connectivity index (χ3v) is 4.38. The number of benzene rings is 1. The number of hydrogen-bond donors (Lipinski definition) is 1. The van der Waals surface area contributed by atoms with Gasteiger partial charge in [0.2, 0.25) is 10.0 Å². The van der Waals surface area contributed by atoms with Gasteiger partial charge in [-0.2, -0.15) is 0 Å². The molecule has 1 N–H and O–H groups in total. The van der Waals surface area contributed by atoms with Gasteiger partial charge in [0.15, 0.2) is 0 Å². The van der Waals surface area contributed by atoms with Crippen LogP contribution in [0.3, 0.4) is 0 Å². The van der Waals surface area contributed by atoms with Crippen LogP contribution in [0, 0.1) is 5.92 Å². The predicted octanol–water partition coefficient (Wildman–Crippen LogP) is 2.99. The van der Waals surface area contributed by atoms with Gasteiger partial charge in [0.05, 0.1) is 11.9 Å². The molecule has 110 valence electrons. The van der Waals surface area contributed by atoms with Gasteiger partial charge in [-0.15, -0.1) is 0 Å². The molecule has 5 heteroatoms. The van der Waals surface area contributed by atoms with Crippen LogP contribution >= 0.6 is 0 Å². The highest BCUT2D eigenvalue weighted by molar-refractivity contribution is 7.92. The lowest BCUT2D eigenvalue weighted by atomic mass is 9.84. The first-order chi connectivity index (χ1) is 9.48. The molecule has 0 spiro atoms. The summed E-state index contributed by atoms with van der Waals surface area (Å²) in [6.45, 7) is 0. The topological polar surface area (TPSA) is 63.2 Å². The summed E-state index contributed by atoms with van der Waals surface area (Å²) < 4.78 is 25.4. The summed E-state index contributed by atoms with van der Waals surface area (Å²) in [5, 5.41) is 0. The Balaban J connectivity index is 2.24. The maximum atomic E-state index is 11.4. The fraction of sp³-hybridized carbons (Fsp3) is 0.533. The smallest absolute Gasteiger partial charge is 0.229 e. The maximum absolute atomic E-state index is 11.4. The van der Waals surface area contributed by atoms with Crippen LogP contribution in [0.1, 0.15) is 48.0 Å². The molecule has 0 heterocycles. The van der Waals surface area contributed by atoms with Crippen molar-refractivity contribution in [2.45, 2.75) is 38.5 Å². The van der Waals surface area contributed by atoms with Gasteiger partial charge in [0.1, 0.15) is 6.29 Å². The van der Waals surface area contributed by atoms with Crippen LogP contribution in [-0.4, -0.2) is 21.0 Å². The van der Waals surface area contributed by atoms with Gasteiger partial charge in [-0.1, -0.05) is 32.1 Å². The van der Waals surface area contributed by atoms with E-state index in [1.54, 1.807) is 18.2 Å². The van der Waals surface area contributed by atoms with E-state index in [2.05, 4.69) is 4.72 Å². The molecule has 0 amide bonds. The van der Waals surface area contributed by atoms with E-state index in [0.29, 0.717) is 17.2 Å². The third kappa shape index (κ3) is 4.34. The summed E-state index contributed by atoms with van der Waals surface area (Å²) in [6.07, 6.45) is 8.92. The van der Waals surface area contributed by atoms with Gasteiger partial charge in [-0.3, -0.25) is 9.52 Å². The molecular formula is C15H21NO3S. The van der Waals surface area contributed by atoms with Gasteiger partial charge in [-0.05, 0) is 36.1 Å². The Labute approximate surface area is 120 Å². The Morgan fingerprint density at radius 1 is 1.25 bits per heavy atom. The molecule has 0 bridgehead atoms. The van der Waals surface area contributed by atoms with Gasteiger partial charge >= 0.3 is 0 Å². The molecule has 1 aromatic rings. The quantitative estimate of drug-likeness (QED) is 0.849. The minimum absolute atomic E-state index is 0.589. The Morgan fingerprint density at radius 2 is 1.95 bits per heavy atom. The summed E-state index contributed by atoms with van der Waals surface area (Å²) in [6, 6.07) is 5.13. The molecule has 1 aliphatic carbocycles. The monoisotopic (exact) mass is 295 g/mol. The van der Waals surface area contributed by atoms with Gasteiger partial charge in [0, 0.05) is 5.56 Å². The lowest BCUT2D eigenvalue weighted by Gasteiger charge is -2.23. The van der Waals surface area contributed by atoms with Crippen LogP contribution in [0.25, 0.3) is 0 Å². The standard InChI is InChI=1S/C15H21NO3S/c1-20(18,19)16-15-8-7-13(11-17)10-14(15)9-12-5-3-2-4-6-12/h7-8,10-12,16H,2-6,9H2,1H3. The molecule has 0 unspecified atom stereocenters. The first-order valence-electron chi connectivity index (χ1n) is 7.04. The van der Waals surface area contributed by atoms with Gasteiger partial charge in [-0.25, -0.2) is 8.42 Å². The zero-order valence-corrected chi connectivity index (χ0v) is 12.6. The lowest BCUT2D eigenvalue weighted by molar-refractivity contribution is 0.112. The van der Waals surface area contributed by atoms with E-state index in [0.717, 1.165) is 24.5 Å². The Kier molecular flexibility index (Phi) is 4.81. The van der Waals surface area contributed by atoms with Crippen molar-refractivity contribution in [3.63, 3.8) is 0 Å². The molecule has 0 aromatic heterocycles. The van der Waals surface area contributed by atoms with Crippen molar-refractivity contribution in [2.75, 3.05) is 11.0 Å². The van der Waals surface area contributed by atoms with E-state index >= 15 is 0 Å². The highest BCUT2D eigenvalue weighted by atomic mass is 32.2. The second-order valence-corrected chi connectivity index (χ2v) is 7.37. The number of carbonyl (C=O) groups excluding carboxylic acids is 1. The van der Waals surface area contributed by atoms with Crippen LogP contribution in [0.2, 0.25) is 0 Å². The fourth-order valence-corrected chi connectivity index (χ4v) is 3.46. The molecule has 4 nitrogen and oxygen atoms in total. The number of aldehydes is 1. The summed E-state index contributed by atoms with van der Waals surface area (Å²) >= 11 is 0. The molecule has 1 aromatic carbocycles. The lowest BCUT2D eigenvalue weighted by Crippen LogP contribution is -2.14. The number of anilines is 1. The number of hydrogen-bond acceptors (Lipinski definition) is 3. The van der Waals surface area contributed by atoms with Crippen molar-refractivity contribution < 1.29 is 13.2 Å². The Hall–Kier alpha value is -1.36. The third-order valence-electron chi connectivity index (χ3n) is 3.79. The fourth-order valence-electron chi connectivity index (χ4n) is 2.86. The first-order valence-corrected chi connectivity index (χ1v) is 8.93. The van der Waals surface area contributed by atoms with Gasteiger partial charge < -0.3 is 0 Å². The van der Waals surface area contributed by atoms with Crippen molar-refractivity contribution in [3.8, 4) is 0 Å². The molecule has 0 atom stereocenters. The summed E-state index contributed by atoms with van der Waals surface area (Å²) in [5.41, 5.74) is 2.12. The molecule has 1 fully saturated rings. The molecular weight excluding hydrogens is 274 g/mol. The molecule has 1 saturated carbocycles. The van der Waals surface area contributed by atoms with E-state index in [-0.39, 0.29) is 0 Å². The number of carbonyl (C=O) groups is 1. The van der Waals surface area contributed by atoms with E-state index in [1.807, 2.05) is 0 Å². The molecule has 0 aliphatic heterocycles. The predicted molar refractivity (Wildman–Crippen MR) is 80.6 cm³/mol. The summed E-state index contributed by atoms with van der Waals surface area (Å²) in [5.74, 6) is 0.589. The first kappa shape index (κ1) is 15.0. The van der Waals surface area contributed by atoms with Crippen LogP contribution in [0.4, 0.5) is 5.69 Å². The van der Waals surface area contributed by atoms with Gasteiger partial charge in [0.25, 0.3) is 0 Å². The molecule has 1 aliphatic rings. The van der Waals surface area contributed by atoms with Crippen molar-refractivity contribution in [1.29, 1.82) is 0 Å². The Bertz CT molecular complexity index is 575. The van der Waals surface area contributed by atoms with Crippen molar-refractivity contribution in [1.82, 2.24) is 0 Å². The zero-order chi connectivity index (χ0) is 14.6. The largest absolute Gasteiger partial charge is 0.298 e. The van der Waals surface area contributed by atoms with Crippen LogP contribution in [0.15, 0.2) is 18.2 Å². The SMILES string of the molecule is CS(=O)(=O)Nc1ccc(C=O)cc1CC1CCCCC1. The van der Waals surface area contributed by atoms with E-state index in [9.17, 15) is 13.2 Å². The van der Waals surface area contributed by atoms with Crippen LogP contribution < -0.4 is 4.72 Å². The second kappa shape index (κ2) is 6.39. The second-order valence-electron chi connectivity index (χ2n) is 5.62. The minimum Gasteiger partial charge on any atom is -0.298 e. The van der Waals surface area contributed by atoms with Crippen LogP contribution in [0.5, 0.6) is 0 Å². The maximum Gasteiger partial charge on any atom is 0.229 e. The number of sulfonamides is 1. The molecule has 0 radical (unpaired) electrons. The Morgan fingerprint density at radius 3 is 2.55 bits per heavy atom. The average molecular weight is 295 g/mol. The van der Waals surface area contributed by atoms with Crippen LogP contribution in [-0.2, 0) is 16.4 Å². The van der Waals surface area contributed by atoms with E-state index in [1.165, 1.54) is 32.1 Å². The average Bonchev–Trinajstić information content (AvgIpc) is 2.40. The number of rotatable bonds is 5. The summed E-state index contributed by atoms with van der Waals surface area (Å²) in [7, 11) is -3.30. The van der Waals surface area contributed by atoms with E-state index < -0.39 is 10.0 Å². The minimum atomic E-state index is -3.30. The van der Waals surface area contributed by atoms with Crippen molar-refractivity contribution >= 4 is 22.0 Å². The molecule has 0 saturated heterocycles. The molecule has 20 heavy (non-hydrogen) atoms. The van der Waals surface area contributed by atoms with Crippen molar-refractivity contribution in [2.24, 2.45) is 5.92 Å². The van der Waals surface area contributed by atoms with Crippen molar-refractivity contribution in [3.05, 3.63) is 29.3 Å². The zero-order valence-electron chi connectivity index (χ0n) is 11.8. The highest BCUT2D eigenvalue weighted by Crippen LogP contribution is 2.30.